The minimum Gasteiger partial charge on any atom is -0.348 e. The Morgan fingerprint density at radius 2 is 1.77 bits per heavy atom. The van der Waals surface area contributed by atoms with E-state index in [2.05, 4.69) is 10.6 Å². The fourth-order valence-electron chi connectivity index (χ4n) is 6.42. The van der Waals surface area contributed by atoms with Crippen LogP contribution in [0, 0.1) is 11.6 Å². The third kappa shape index (κ3) is 4.16. The molecule has 7 nitrogen and oxygen atoms in total. The minimum absolute atomic E-state index is 0.174. The number of nitrogens with zero attached hydrogens (tertiary/aromatic N) is 1. The zero-order valence-corrected chi connectivity index (χ0v) is 23.6. The monoisotopic (exact) mass is 588 g/mol. The molecule has 2 amide bonds. The second kappa shape index (κ2) is 10.3. The van der Waals surface area contributed by atoms with E-state index in [1.54, 1.807) is 31.2 Å². The first-order valence-electron chi connectivity index (χ1n) is 12.9. The number of benzene rings is 3. The first-order chi connectivity index (χ1) is 19.0. The fourth-order valence-corrected chi connectivity index (χ4v) is 8.85. The van der Waals surface area contributed by atoms with E-state index < -0.39 is 47.8 Å². The molecule has 2 heterocycles. The van der Waals surface area contributed by atoms with Gasteiger partial charge in [0.1, 0.15) is 11.9 Å². The molecule has 1 fully saturated rings. The summed E-state index contributed by atoms with van der Waals surface area (Å²) in [4.78, 5) is 26.0. The number of fused-ring (bicyclic) bond motifs is 2. The van der Waals surface area contributed by atoms with Crippen molar-refractivity contribution in [2.24, 2.45) is 0 Å². The van der Waals surface area contributed by atoms with Crippen LogP contribution in [0.4, 0.5) is 14.5 Å². The summed E-state index contributed by atoms with van der Waals surface area (Å²) < 4.78 is 56.2. The maximum absolute atomic E-state index is 15.0. The van der Waals surface area contributed by atoms with E-state index in [0.717, 1.165) is 17.7 Å². The molecular weight excluding hydrogens is 560 g/mol. The third-order valence-electron chi connectivity index (χ3n) is 8.41. The lowest BCUT2D eigenvalue weighted by Crippen LogP contribution is -2.65. The molecule has 2 aliphatic heterocycles. The van der Waals surface area contributed by atoms with Gasteiger partial charge in [-0.15, -0.1) is 3.89 Å². The highest BCUT2D eigenvalue weighted by molar-refractivity contribution is 7.91. The summed E-state index contributed by atoms with van der Waals surface area (Å²) in [5.41, 5.74) is 0.975. The predicted molar refractivity (Wildman–Crippen MR) is 148 cm³/mol. The lowest BCUT2D eigenvalue weighted by molar-refractivity contribution is -0.125. The first-order valence-corrected chi connectivity index (χ1v) is 14.8. The van der Waals surface area contributed by atoms with Gasteiger partial charge in [0, 0.05) is 34.8 Å². The maximum Gasteiger partial charge on any atom is 0.342 e. The van der Waals surface area contributed by atoms with Crippen molar-refractivity contribution in [3.63, 3.8) is 0 Å². The predicted octanol–water partition coefficient (Wildman–Crippen LogP) is 4.81. The van der Waals surface area contributed by atoms with Crippen LogP contribution in [0.15, 0.2) is 65.6 Å². The van der Waals surface area contributed by atoms with Crippen molar-refractivity contribution in [3.8, 4) is 0 Å². The van der Waals surface area contributed by atoms with Gasteiger partial charge in [-0.2, -0.15) is 8.42 Å². The van der Waals surface area contributed by atoms with Crippen LogP contribution >= 0.6 is 11.6 Å². The Kier molecular flexibility index (Phi) is 7.33. The molecule has 5 rings (SSSR count). The fraction of sp³-hybridized carbons (Fsp3) is 0.310. The Labute approximate surface area is 236 Å². The van der Waals surface area contributed by atoms with Gasteiger partial charge in [-0.3, -0.25) is 4.79 Å². The van der Waals surface area contributed by atoms with E-state index in [-0.39, 0.29) is 18.1 Å². The summed E-state index contributed by atoms with van der Waals surface area (Å²) in [6, 6.07) is 13.1. The van der Waals surface area contributed by atoms with Crippen molar-refractivity contribution < 1.29 is 26.8 Å². The summed E-state index contributed by atoms with van der Waals surface area (Å²) in [5.74, 6) is -3.30. The van der Waals surface area contributed by atoms with Gasteiger partial charge < -0.3 is 10.6 Å². The Hall–Kier alpha value is -3.18. The summed E-state index contributed by atoms with van der Waals surface area (Å²) in [7, 11) is -4.76. The molecule has 2 N–H and O–H groups in total. The zero-order chi connectivity index (χ0) is 28.9. The van der Waals surface area contributed by atoms with Crippen molar-refractivity contribution in [2.45, 2.75) is 49.6 Å². The molecule has 1 spiro atoms. The van der Waals surface area contributed by atoms with Crippen molar-refractivity contribution in [1.29, 1.82) is 0 Å². The smallest absolute Gasteiger partial charge is 0.342 e. The van der Waals surface area contributed by atoms with Gasteiger partial charge in [0.05, 0.1) is 12.3 Å². The van der Waals surface area contributed by atoms with E-state index in [9.17, 15) is 26.8 Å². The molecule has 1 saturated heterocycles. The Bertz CT molecular complexity index is 1630. The van der Waals surface area contributed by atoms with Crippen molar-refractivity contribution in [3.05, 3.63) is 94.0 Å². The van der Waals surface area contributed by atoms with Crippen LogP contribution in [-0.4, -0.2) is 39.4 Å². The van der Waals surface area contributed by atoms with E-state index in [1.807, 2.05) is 6.07 Å². The van der Waals surface area contributed by atoms with Crippen LogP contribution in [0.5, 0.6) is 0 Å². The highest BCUT2D eigenvalue weighted by atomic mass is 35.5. The quantitative estimate of drug-likeness (QED) is 0.417. The Balaban J connectivity index is 1.66. The van der Waals surface area contributed by atoms with Gasteiger partial charge in [-0.1, -0.05) is 29.8 Å². The van der Waals surface area contributed by atoms with E-state index in [4.69, 9.17) is 11.6 Å². The number of hydrogen-bond acceptors (Lipinski definition) is 5. The molecule has 0 bridgehead atoms. The summed E-state index contributed by atoms with van der Waals surface area (Å²) in [6.07, 6.45) is 1.00. The topological polar surface area (TPSA) is 92.3 Å². The Morgan fingerprint density at radius 3 is 2.42 bits per heavy atom. The van der Waals surface area contributed by atoms with Crippen molar-refractivity contribution in [1.82, 2.24) is 14.5 Å². The largest absolute Gasteiger partial charge is 0.348 e. The number of rotatable bonds is 5. The van der Waals surface area contributed by atoms with E-state index in [0.29, 0.717) is 48.1 Å². The maximum atomic E-state index is 15.0. The van der Waals surface area contributed by atoms with Gasteiger partial charge >= 0.3 is 15.9 Å². The molecule has 2 aliphatic rings. The second-order valence-electron chi connectivity index (χ2n) is 10.3. The van der Waals surface area contributed by atoms with Gasteiger partial charge in [-0.05, 0) is 68.8 Å². The highest BCUT2D eigenvalue weighted by Gasteiger charge is 2.68. The summed E-state index contributed by atoms with van der Waals surface area (Å²) in [5, 5.41) is 6.64. The number of piperidine rings is 1. The SMILES string of the molecule is CC(=O)[N+]1(S(=O)(=O)c2ccc(F)cc2F)c2ccc(C(=O)NCc3ccccc3Cl)cc2C2(CCNCC2)C1C. The van der Waals surface area contributed by atoms with Crippen LogP contribution in [0.1, 0.15) is 48.2 Å². The lowest BCUT2D eigenvalue weighted by Gasteiger charge is -2.41. The molecule has 2 atom stereocenters. The molecular formula is C29H29ClF2N3O4S+. The number of quaternary nitrogens is 1. The normalized spacial score (nSPS) is 21.7. The first kappa shape index (κ1) is 28.4. The number of hydrogen-bond donors (Lipinski definition) is 2. The van der Waals surface area contributed by atoms with Crippen LogP contribution < -0.4 is 14.5 Å². The number of carbonyl (C=O) groups is 2. The van der Waals surface area contributed by atoms with Crippen LogP contribution in [0.3, 0.4) is 0 Å². The van der Waals surface area contributed by atoms with E-state index >= 15 is 0 Å². The summed E-state index contributed by atoms with van der Waals surface area (Å²) in [6.45, 7) is 4.17. The van der Waals surface area contributed by atoms with Gasteiger partial charge in [0.2, 0.25) is 0 Å². The lowest BCUT2D eigenvalue weighted by atomic mass is 9.70. The van der Waals surface area contributed by atoms with Gasteiger partial charge in [-0.25, -0.2) is 13.6 Å². The number of halogens is 3. The van der Waals surface area contributed by atoms with Gasteiger partial charge in [0.15, 0.2) is 16.4 Å². The molecule has 2 unspecified atom stereocenters. The van der Waals surface area contributed by atoms with Crippen molar-refractivity contribution in [2.75, 3.05) is 13.1 Å². The highest BCUT2D eigenvalue weighted by Crippen LogP contribution is 2.57. The van der Waals surface area contributed by atoms with Gasteiger partial charge in [0.25, 0.3) is 5.91 Å². The summed E-state index contributed by atoms with van der Waals surface area (Å²) >= 11 is 6.22. The molecule has 210 valence electrons. The molecule has 40 heavy (non-hydrogen) atoms. The molecule has 0 saturated carbocycles. The average Bonchev–Trinajstić information content (AvgIpc) is 3.13. The molecule has 0 aromatic heterocycles. The van der Waals surface area contributed by atoms with Crippen molar-refractivity contribution >= 4 is 39.1 Å². The standard InChI is InChI=1S/C29H28ClF2N3O4S/c1-18-29(11-13-33-14-12-29)23-15-20(28(37)34-17-21-5-3-4-6-24(21)30)7-9-26(23)35(18,19(2)36)40(38,39)27-10-8-22(31)16-25(27)32/h3-10,15-16,18,33H,11-14,17H2,1-2H3/p+1. The number of nitrogens with one attached hydrogen (secondary N) is 2. The molecule has 11 heteroatoms. The molecule has 0 radical (unpaired) electrons. The average molecular weight is 589 g/mol. The Morgan fingerprint density at radius 1 is 1.07 bits per heavy atom. The second-order valence-corrected chi connectivity index (χ2v) is 12.7. The molecule has 3 aromatic carbocycles. The van der Waals surface area contributed by atoms with Crippen LogP contribution in [0.25, 0.3) is 0 Å². The third-order valence-corrected chi connectivity index (χ3v) is 11.2. The number of carbonyl (C=O) groups excluding carboxylic acids is 2. The van der Waals surface area contributed by atoms with Crippen LogP contribution in [-0.2, 0) is 26.8 Å². The molecule has 0 aliphatic carbocycles. The minimum atomic E-state index is -4.76. The zero-order valence-electron chi connectivity index (χ0n) is 22.0. The number of sulfonamides is 1. The number of amides is 2. The van der Waals surface area contributed by atoms with E-state index in [1.165, 1.54) is 19.1 Å². The van der Waals surface area contributed by atoms with Crippen LogP contribution in [0.2, 0.25) is 5.02 Å². The molecule has 3 aromatic rings.